The first-order valence-electron chi connectivity index (χ1n) is 7.53. The smallest absolute Gasteiger partial charge is 0.200 e. The highest BCUT2D eigenvalue weighted by molar-refractivity contribution is 5.73. The number of hydrogen-bond acceptors (Lipinski definition) is 3. The Morgan fingerprint density at radius 3 is 2.55 bits per heavy atom. The summed E-state index contributed by atoms with van der Waals surface area (Å²) in [7, 11) is 2.20. The van der Waals surface area contributed by atoms with Crippen LogP contribution in [-0.4, -0.2) is 30.0 Å². The van der Waals surface area contributed by atoms with Gasteiger partial charge in [0.05, 0.1) is 0 Å². The monoisotopic (exact) mass is 272 g/mol. The van der Waals surface area contributed by atoms with Crippen molar-refractivity contribution in [2.75, 3.05) is 20.1 Å². The summed E-state index contributed by atoms with van der Waals surface area (Å²) in [5.74, 6) is 1.49. The minimum Gasteiger partial charge on any atom is -0.440 e. The average molecular weight is 272 g/mol. The number of hydrogen-bond donors (Lipinski definition) is 0. The summed E-state index contributed by atoms with van der Waals surface area (Å²) in [6, 6.07) is 6.54. The van der Waals surface area contributed by atoms with Gasteiger partial charge in [0.15, 0.2) is 5.58 Å². The van der Waals surface area contributed by atoms with Gasteiger partial charge in [0.1, 0.15) is 5.52 Å². The lowest BCUT2D eigenvalue weighted by Crippen LogP contribution is -2.29. The number of benzene rings is 1. The molecule has 0 aliphatic carbocycles. The molecule has 3 nitrogen and oxygen atoms in total. The van der Waals surface area contributed by atoms with Gasteiger partial charge in [0, 0.05) is 5.41 Å². The summed E-state index contributed by atoms with van der Waals surface area (Å²) in [4.78, 5) is 7.01. The Morgan fingerprint density at radius 2 is 1.90 bits per heavy atom. The van der Waals surface area contributed by atoms with Crippen LogP contribution < -0.4 is 0 Å². The summed E-state index contributed by atoms with van der Waals surface area (Å²) in [5, 5.41) is 0. The minimum absolute atomic E-state index is 0.0350. The lowest BCUT2D eigenvalue weighted by molar-refractivity contribution is 0.255. The minimum atomic E-state index is -0.0350. The van der Waals surface area contributed by atoms with E-state index in [4.69, 9.17) is 4.42 Å². The van der Waals surface area contributed by atoms with E-state index < -0.39 is 0 Å². The van der Waals surface area contributed by atoms with Crippen LogP contribution in [0.3, 0.4) is 0 Å². The predicted octanol–water partition coefficient (Wildman–Crippen LogP) is 3.93. The summed E-state index contributed by atoms with van der Waals surface area (Å²) in [6.07, 6.45) is 2.48. The molecule has 1 aliphatic rings. The Bertz CT molecular complexity index is 601. The van der Waals surface area contributed by atoms with Crippen molar-refractivity contribution in [2.24, 2.45) is 0 Å². The number of oxazole rings is 1. The molecule has 0 saturated carbocycles. The molecular formula is C17H24N2O. The zero-order valence-corrected chi connectivity index (χ0v) is 12.9. The maximum absolute atomic E-state index is 5.96. The third-order valence-electron chi connectivity index (χ3n) is 4.24. The van der Waals surface area contributed by atoms with Crippen molar-refractivity contribution in [2.45, 2.75) is 44.9 Å². The van der Waals surface area contributed by atoms with Crippen LogP contribution in [-0.2, 0) is 5.41 Å². The highest BCUT2D eigenvalue weighted by atomic mass is 16.3. The van der Waals surface area contributed by atoms with Gasteiger partial charge in [-0.25, -0.2) is 4.98 Å². The fourth-order valence-electron chi connectivity index (χ4n) is 2.86. The van der Waals surface area contributed by atoms with Gasteiger partial charge in [-0.3, -0.25) is 0 Å². The molecule has 1 aromatic heterocycles. The fraction of sp³-hybridized carbons (Fsp3) is 0.588. The van der Waals surface area contributed by atoms with Crippen LogP contribution in [0, 0.1) is 0 Å². The number of rotatable bonds is 1. The van der Waals surface area contributed by atoms with Crippen molar-refractivity contribution >= 4 is 11.1 Å². The Morgan fingerprint density at radius 1 is 1.20 bits per heavy atom. The van der Waals surface area contributed by atoms with Gasteiger partial charge in [-0.1, -0.05) is 26.8 Å². The second-order valence-electron chi connectivity index (χ2n) is 7.07. The maximum atomic E-state index is 5.96. The molecule has 0 unspecified atom stereocenters. The van der Waals surface area contributed by atoms with Crippen LogP contribution >= 0.6 is 0 Å². The van der Waals surface area contributed by atoms with Gasteiger partial charge in [0.25, 0.3) is 0 Å². The Balaban J connectivity index is 1.90. The Kier molecular flexibility index (Phi) is 3.33. The molecule has 0 radical (unpaired) electrons. The quantitative estimate of drug-likeness (QED) is 0.787. The third-order valence-corrected chi connectivity index (χ3v) is 4.24. The first kappa shape index (κ1) is 13.6. The highest BCUT2D eigenvalue weighted by Gasteiger charge is 2.22. The van der Waals surface area contributed by atoms with E-state index >= 15 is 0 Å². The van der Waals surface area contributed by atoms with Crippen molar-refractivity contribution in [1.82, 2.24) is 9.88 Å². The SMILES string of the molecule is CN1CCC(c2ccc3nc(C(C)(C)C)oc3c2)CC1. The zero-order valence-electron chi connectivity index (χ0n) is 12.9. The van der Waals surface area contributed by atoms with Crippen molar-refractivity contribution < 1.29 is 4.42 Å². The topological polar surface area (TPSA) is 29.3 Å². The van der Waals surface area contributed by atoms with E-state index in [0.717, 1.165) is 17.0 Å². The van der Waals surface area contributed by atoms with E-state index in [-0.39, 0.29) is 5.41 Å². The van der Waals surface area contributed by atoms with Crippen LogP contribution in [0.1, 0.15) is 51.0 Å². The first-order valence-corrected chi connectivity index (χ1v) is 7.53. The van der Waals surface area contributed by atoms with Crippen molar-refractivity contribution in [3.8, 4) is 0 Å². The van der Waals surface area contributed by atoms with Gasteiger partial charge in [-0.15, -0.1) is 0 Å². The molecule has 1 aromatic carbocycles. The van der Waals surface area contributed by atoms with Crippen molar-refractivity contribution in [3.05, 3.63) is 29.7 Å². The predicted molar refractivity (Wildman–Crippen MR) is 82.2 cm³/mol. The fourth-order valence-corrected chi connectivity index (χ4v) is 2.86. The number of piperidine rings is 1. The van der Waals surface area contributed by atoms with E-state index in [1.807, 2.05) is 0 Å². The summed E-state index contributed by atoms with van der Waals surface area (Å²) in [6.45, 7) is 8.78. The molecule has 1 fully saturated rings. The average Bonchev–Trinajstić information content (AvgIpc) is 2.82. The molecule has 2 heterocycles. The van der Waals surface area contributed by atoms with E-state index in [1.165, 1.54) is 31.5 Å². The molecule has 3 rings (SSSR count). The van der Waals surface area contributed by atoms with Crippen LogP contribution in [0.2, 0.25) is 0 Å². The molecule has 0 atom stereocenters. The Labute approximate surface area is 121 Å². The van der Waals surface area contributed by atoms with Gasteiger partial charge in [-0.05, 0) is 56.6 Å². The second kappa shape index (κ2) is 4.88. The number of likely N-dealkylation sites (tertiary alicyclic amines) is 1. The van der Waals surface area contributed by atoms with E-state index in [1.54, 1.807) is 0 Å². The van der Waals surface area contributed by atoms with Crippen LogP contribution in [0.25, 0.3) is 11.1 Å². The van der Waals surface area contributed by atoms with Crippen LogP contribution in [0.15, 0.2) is 22.6 Å². The molecule has 1 aliphatic heterocycles. The highest BCUT2D eigenvalue weighted by Crippen LogP contribution is 2.31. The standard InChI is InChI=1S/C17H24N2O/c1-17(2,3)16-18-14-6-5-13(11-15(14)20-16)12-7-9-19(4)10-8-12/h5-6,11-12H,7-10H2,1-4H3. The molecule has 0 amide bonds. The largest absolute Gasteiger partial charge is 0.440 e. The molecule has 1 saturated heterocycles. The Hall–Kier alpha value is -1.35. The molecule has 0 spiro atoms. The normalized spacial score (nSPS) is 18.8. The zero-order chi connectivity index (χ0) is 14.3. The molecule has 20 heavy (non-hydrogen) atoms. The number of aromatic nitrogens is 1. The molecule has 2 aromatic rings. The molecular weight excluding hydrogens is 248 g/mol. The van der Waals surface area contributed by atoms with Gasteiger partial charge in [0.2, 0.25) is 5.89 Å². The van der Waals surface area contributed by atoms with Gasteiger partial charge in [-0.2, -0.15) is 0 Å². The molecule has 108 valence electrons. The molecule has 0 N–H and O–H groups in total. The van der Waals surface area contributed by atoms with E-state index in [9.17, 15) is 0 Å². The lowest BCUT2D eigenvalue weighted by atomic mass is 9.89. The number of nitrogens with zero attached hydrogens (tertiary/aromatic N) is 2. The number of fused-ring (bicyclic) bond motifs is 1. The van der Waals surface area contributed by atoms with Gasteiger partial charge < -0.3 is 9.32 Å². The second-order valence-corrected chi connectivity index (χ2v) is 7.07. The molecule has 0 bridgehead atoms. The lowest BCUT2D eigenvalue weighted by Gasteiger charge is -2.29. The van der Waals surface area contributed by atoms with E-state index in [2.05, 4.69) is 55.9 Å². The summed E-state index contributed by atoms with van der Waals surface area (Å²) >= 11 is 0. The molecule has 3 heteroatoms. The van der Waals surface area contributed by atoms with Crippen molar-refractivity contribution in [3.63, 3.8) is 0 Å². The summed E-state index contributed by atoms with van der Waals surface area (Å²) < 4.78 is 5.96. The van der Waals surface area contributed by atoms with Gasteiger partial charge >= 0.3 is 0 Å². The maximum Gasteiger partial charge on any atom is 0.200 e. The first-order chi connectivity index (χ1) is 9.43. The van der Waals surface area contributed by atoms with E-state index in [0.29, 0.717) is 5.92 Å². The van der Waals surface area contributed by atoms with Crippen LogP contribution in [0.5, 0.6) is 0 Å². The van der Waals surface area contributed by atoms with Crippen molar-refractivity contribution in [1.29, 1.82) is 0 Å². The summed E-state index contributed by atoms with van der Waals surface area (Å²) in [5.41, 5.74) is 3.28. The third kappa shape index (κ3) is 2.59. The van der Waals surface area contributed by atoms with Crippen LogP contribution in [0.4, 0.5) is 0 Å².